The summed E-state index contributed by atoms with van der Waals surface area (Å²) < 4.78 is 116. The zero-order valence-electron chi connectivity index (χ0n) is 18.4. The van der Waals surface area contributed by atoms with Crippen molar-refractivity contribution in [3.05, 3.63) is 91.0 Å². The van der Waals surface area contributed by atoms with Crippen LogP contribution < -0.4 is 13.6 Å². The van der Waals surface area contributed by atoms with E-state index in [1.807, 2.05) is 0 Å². The van der Waals surface area contributed by atoms with E-state index in [9.17, 15) is 26.3 Å². The van der Waals surface area contributed by atoms with E-state index in [2.05, 4.69) is 9.73 Å². The molecule has 1 aliphatic rings. The first-order valence-electron chi connectivity index (χ1n) is 10.2. The molecule has 3 aromatic rings. The molecule has 1 heterocycles. The molecule has 0 saturated carbocycles. The molecule has 6 nitrogen and oxygen atoms in total. The monoisotopic (exact) mass is 533 g/mol. The summed E-state index contributed by atoms with van der Waals surface area (Å²) >= 11 is 0. The second-order valence-electron chi connectivity index (χ2n) is 7.37. The Morgan fingerprint density at radius 3 is 1.25 bits per heavy atom. The van der Waals surface area contributed by atoms with Crippen LogP contribution in [0.25, 0.3) is 0 Å². The summed E-state index contributed by atoms with van der Waals surface area (Å²) in [6.45, 7) is 0. The van der Waals surface area contributed by atoms with Gasteiger partial charge in [0.25, 0.3) is 0 Å². The van der Waals surface area contributed by atoms with Crippen molar-refractivity contribution in [2.45, 2.75) is 17.6 Å². The molecule has 0 atom stereocenters. The van der Waals surface area contributed by atoms with Crippen molar-refractivity contribution in [1.29, 1.82) is 0 Å². The number of hydrogen-bond donors (Lipinski definition) is 0. The molecule has 1 aliphatic heterocycles. The van der Waals surface area contributed by atoms with Gasteiger partial charge in [0.1, 0.15) is 0 Å². The van der Waals surface area contributed by atoms with E-state index in [0.29, 0.717) is 0 Å². The molecule has 0 N–H and O–H groups in total. The van der Waals surface area contributed by atoms with Crippen LogP contribution in [0.15, 0.2) is 96.0 Å². The van der Waals surface area contributed by atoms with Gasteiger partial charge in [0.15, 0.2) is 0 Å². The zero-order chi connectivity index (χ0) is 26.1. The Morgan fingerprint density at radius 1 is 0.639 bits per heavy atom. The van der Waals surface area contributed by atoms with Gasteiger partial charge in [-0.2, -0.15) is 0 Å². The van der Waals surface area contributed by atoms with Crippen LogP contribution in [0.1, 0.15) is 0 Å². The number of rotatable bonds is 6. The average Bonchev–Trinajstić information content (AvgIpc) is 3.12. The van der Waals surface area contributed by atoms with Crippen LogP contribution in [0.4, 0.5) is 26.3 Å². The summed E-state index contributed by atoms with van der Waals surface area (Å²) in [5, 5.41) is -5.18. The van der Waals surface area contributed by atoms with Crippen LogP contribution in [0, 0.1) is 0 Å². The van der Waals surface area contributed by atoms with Crippen molar-refractivity contribution in [1.82, 2.24) is 0 Å². The Hall–Kier alpha value is -3.66. The molecule has 3 aromatic carbocycles. The van der Waals surface area contributed by atoms with Crippen LogP contribution in [0.5, 0.6) is 17.2 Å². The van der Waals surface area contributed by atoms with Gasteiger partial charge in [-0.3, -0.25) is 0 Å². The van der Waals surface area contributed by atoms with E-state index in [1.165, 1.54) is 54.6 Å². The van der Waals surface area contributed by atoms with Gasteiger partial charge < -0.3 is 0 Å². The molecule has 0 amide bonds. The SMILES string of the molecule is COC1=NC(C(F)(F)F)(C(F)(F)F)P(Oc2ccccc2)(Oc2ccccc2)(Oc2ccccc2)O1. The second-order valence-corrected chi connectivity index (χ2v) is 10.4. The Balaban J connectivity index is 2.15. The number of hydrogen-bond acceptors (Lipinski definition) is 6. The molecule has 0 bridgehead atoms. The van der Waals surface area contributed by atoms with Crippen LogP contribution in [0.3, 0.4) is 0 Å². The molecule has 0 fully saturated rings. The van der Waals surface area contributed by atoms with Gasteiger partial charge in [0, 0.05) is 0 Å². The minimum atomic E-state index is -7.15. The fourth-order valence-corrected chi connectivity index (χ4v) is 7.18. The maximum atomic E-state index is 14.9. The Morgan fingerprint density at radius 2 is 0.972 bits per heavy atom. The molecule has 0 radical (unpaired) electrons. The first-order chi connectivity index (χ1) is 16.9. The predicted molar refractivity (Wildman–Crippen MR) is 118 cm³/mol. The molecule has 0 saturated heterocycles. The van der Waals surface area contributed by atoms with E-state index in [-0.39, 0.29) is 0 Å². The number of para-hydroxylation sites is 3. The van der Waals surface area contributed by atoms with Gasteiger partial charge in [0.2, 0.25) is 0 Å². The topological polar surface area (TPSA) is 58.5 Å². The van der Waals surface area contributed by atoms with Crippen molar-refractivity contribution >= 4 is 13.6 Å². The standard InChI is InChI=1S/C23H18F6NO5P/c1-31-20-30-21(22(24,25)26,23(27,28)29)36(35-20,32-17-11-5-2-6-12-17,33-18-13-7-3-8-14-18)34-19-15-9-4-10-16-19/h2-16H,1H3. The average molecular weight is 533 g/mol. The normalized spacial score (nSPS) is 19.1. The van der Waals surface area contributed by atoms with Gasteiger partial charge in [-0.25, -0.2) is 0 Å². The molecule has 13 heteroatoms. The number of alkyl halides is 6. The van der Waals surface area contributed by atoms with Gasteiger partial charge >= 0.3 is 201 Å². The Labute approximate surface area is 201 Å². The van der Waals surface area contributed by atoms with Gasteiger partial charge in [-0.1, -0.05) is 0 Å². The van der Waals surface area contributed by atoms with E-state index in [1.54, 1.807) is 0 Å². The van der Waals surface area contributed by atoms with Crippen molar-refractivity contribution in [2.75, 3.05) is 7.11 Å². The molecule has 0 spiro atoms. The van der Waals surface area contributed by atoms with Crippen molar-refractivity contribution in [3.8, 4) is 17.2 Å². The third-order valence-corrected chi connectivity index (χ3v) is 8.71. The number of methoxy groups -OCH3 is 1. The van der Waals surface area contributed by atoms with E-state index in [4.69, 9.17) is 18.1 Å². The number of aliphatic imine (C=N–C) groups is 1. The summed E-state index contributed by atoms with van der Waals surface area (Å²) in [6, 6.07) is 19.2. The molecule has 0 aromatic heterocycles. The summed E-state index contributed by atoms with van der Waals surface area (Å²) in [7, 11) is -6.36. The number of nitrogens with zero attached hydrogens (tertiary/aromatic N) is 1. The number of ether oxygens (including phenoxy) is 1. The summed E-state index contributed by atoms with van der Waals surface area (Å²) in [5.74, 6) is -1.40. The van der Waals surface area contributed by atoms with Crippen molar-refractivity contribution in [3.63, 3.8) is 0 Å². The molecule has 0 aliphatic carbocycles. The Kier molecular flexibility index (Phi) is 6.20. The molecular formula is C23H18F6NO5P. The first kappa shape index (κ1) is 25.4. The maximum absolute atomic E-state index is 14.9. The van der Waals surface area contributed by atoms with Gasteiger partial charge in [-0.05, 0) is 0 Å². The van der Waals surface area contributed by atoms with Crippen molar-refractivity contribution in [2.24, 2.45) is 4.99 Å². The molecule has 192 valence electrons. The van der Waals surface area contributed by atoms with Gasteiger partial charge in [0.05, 0.1) is 0 Å². The molecule has 0 unspecified atom stereocenters. The Bertz CT molecular complexity index is 1100. The number of benzene rings is 3. The summed E-state index contributed by atoms with van der Waals surface area (Å²) in [4.78, 5) is 2.90. The number of halogens is 6. The van der Waals surface area contributed by atoms with E-state index < -0.39 is 48.5 Å². The predicted octanol–water partition coefficient (Wildman–Crippen LogP) is 7.29. The second kappa shape index (κ2) is 8.77. The minimum absolute atomic E-state index is 0.465. The van der Waals surface area contributed by atoms with Crippen molar-refractivity contribution < 1.29 is 49.2 Å². The third kappa shape index (κ3) is 3.95. The molecule has 4 rings (SSSR count). The summed E-state index contributed by atoms with van der Waals surface area (Å²) in [6.07, 6.45) is -13.8. The van der Waals surface area contributed by atoms with E-state index in [0.717, 1.165) is 43.5 Å². The fourth-order valence-electron chi connectivity index (χ4n) is 3.52. The molecular weight excluding hydrogens is 515 g/mol. The summed E-state index contributed by atoms with van der Waals surface area (Å²) in [5.41, 5.74) is 0. The fraction of sp³-hybridized carbons (Fsp3) is 0.174. The van der Waals surface area contributed by atoms with Crippen LogP contribution in [0.2, 0.25) is 0 Å². The van der Waals surface area contributed by atoms with Gasteiger partial charge in [-0.15, -0.1) is 0 Å². The van der Waals surface area contributed by atoms with Crippen LogP contribution in [-0.4, -0.2) is 30.8 Å². The van der Waals surface area contributed by atoms with Crippen LogP contribution >= 0.6 is 7.51 Å². The van der Waals surface area contributed by atoms with E-state index >= 15 is 0 Å². The van der Waals surface area contributed by atoms with Crippen LogP contribution in [-0.2, 0) is 9.26 Å². The molecule has 36 heavy (non-hydrogen) atoms. The zero-order valence-corrected chi connectivity index (χ0v) is 19.3. The third-order valence-electron chi connectivity index (χ3n) is 5.00. The first-order valence-corrected chi connectivity index (χ1v) is 12.1. The quantitative estimate of drug-likeness (QED) is 0.246.